The highest BCUT2D eigenvalue weighted by Crippen LogP contribution is 2.20. The van der Waals surface area contributed by atoms with Crippen LogP contribution in [0.1, 0.15) is 19.3 Å². The van der Waals surface area contributed by atoms with E-state index >= 15 is 0 Å². The van der Waals surface area contributed by atoms with Crippen LogP contribution in [0.2, 0.25) is 0 Å². The molecule has 0 saturated heterocycles. The van der Waals surface area contributed by atoms with Crippen LogP contribution in [-0.4, -0.2) is 24.0 Å². The molecule has 1 aromatic rings. The number of carboxylic acid groups (broad SMARTS) is 1. The number of anilines is 1. The Morgan fingerprint density at radius 2 is 2.20 bits per heavy atom. The topological polar surface area (TPSA) is 57.6 Å². The zero-order valence-electron chi connectivity index (χ0n) is 8.47. The fraction of sp³-hybridized carbons (Fsp3) is 0.400. The Bertz CT molecular complexity index is 334. The van der Waals surface area contributed by atoms with E-state index in [4.69, 9.17) is 5.11 Å². The second kappa shape index (κ2) is 5.50. The number of carbonyl (C=O) groups excluding carboxylic acids is 1. The third-order valence-corrected chi connectivity index (χ3v) is 2.94. The molecule has 1 heterocycles. The van der Waals surface area contributed by atoms with Gasteiger partial charge in [0.1, 0.15) is 0 Å². The van der Waals surface area contributed by atoms with Crippen molar-refractivity contribution in [3.8, 4) is 0 Å². The number of carbonyl (C=O) groups is 2. The van der Waals surface area contributed by atoms with Gasteiger partial charge in [0.05, 0.1) is 5.00 Å². The van der Waals surface area contributed by atoms with Crippen LogP contribution in [0, 0.1) is 0 Å². The molecule has 1 rings (SSSR count). The molecule has 0 radical (unpaired) electrons. The Hall–Kier alpha value is -1.36. The first-order valence-corrected chi connectivity index (χ1v) is 5.51. The van der Waals surface area contributed by atoms with Crippen molar-refractivity contribution in [2.45, 2.75) is 19.3 Å². The van der Waals surface area contributed by atoms with Crippen LogP contribution < -0.4 is 4.90 Å². The Kier molecular flexibility index (Phi) is 4.30. The summed E-state index contributed by atoms with van der Waals surface area (Å²) in [5, 5.41) is 11.2. The SMILES string of the molecule is CN(C(=O)CCCC(=O)O)c1cccs1. The fourth-order valence-corrected chi connectivity index (χ4v) is 1.86. The van der Waals surface area contributed by atoms with E-state index in [1.165, 1.54) is 11.3 Å². The van der Waals surface area contributed by atoms with Crippen molar-refractivity contribution >= 4 is 28.2 Å². The van der Waals surface area contributed by atoms with Gasteiger partial charge < -0.3 is 10.0 Å². The quantitative estimate of drug-likeness (QED) is 0.836. The molecule has 0 aliphatic carbocycles. The van der Waals surface area contributed by atoms with Crippen molar-refractivity contribution < 1.29 is 14.7 Å². The van der Waals surface area contributed by atoms with Crippen molar-refractivity contribution in [2.75, 3.05) is 11.9 Å². The number of thiophene rings is 1. The van der Waals surface area contributed by atoms with E-state index < -0.39 is 5.97 Å². The summed E-state index contributed by atoms with van der Waals surface area (Å²) in [6.45, 7) is 0. The predicted molar refractivity (Wildman–Crippen MR) is 59.2 cm³/mol. The molecule has 1 N–H and O–H groups in total. The van der Waals surface area contributed by atoms with Gasteiger partial charge in [0.15, 0.2) is 0 Å². The summed E-state index contributed by atoms with van der Waals surface area (Å²) >= 11 is 1.49. The second-order valence-electron chi connectivity index (χ2n) is 3.15. The van der Waals surface area contributed by atoms with Crippen LogP contribution in [0.5, 0.6) is 0 Å². The summed E-state index contributed by atoms with van der Waals surface area (Å²) in [5.74, 6) is -0.903. The van der Waals surface area contributed by atoms with E-state index in [0.717, 1.165) is 5.00 Å². The second-order valence-corrected chi connectivity index (χ2v) is 4.08. The van der Waals surface area contributed by atoms with Gasteiger partial charge in [-0.25, -0.2) is 0 Å². The highest BCUT2D eigenvalue weighted by molar-refractivity contribution is 7.14. The van der Waals surface area contributed by atoms with E-state index in [2.05, 4.69) is 0 Å². The highest BCUT2D eigenvalue weighted by Gasteiger charge is 2.11. The molecular weight excluding hydrogens is 214 g/mol. The minimum Gasteiger partial charge on any atom is -0.481 e. The Labute approximate surface area is 92.1 Å². The maximum Gasteiger partial charge on any atom is 0.303 e. The lowest BCUT2D eigenvalue weighted by atomic mass is 10.2. The van der Waals surface area contributed by atoms with Gasteiger partial charge >= 0.3 is 5.97 Å². The molecule has 0 aliphatic rings. The minimum absolute atomic E-state index is 0.0429. The molecule has 0 aromatic carbocycles. The molecule has 1 aromatic heterocycles. The van der Waals surface area contributed by atoms with Gasteiger partial charge in [-0.15, -0.1) is 11.3 Å². The summed E-state index contributed by atoms with van der Waals surface area (Å²) in [5.41, 5.74) is 0. The summed E-state index contributed by atoms with van der Waals surface area (Å²) in [7, 11) is 1.70. The lowest BCUT2D eigenvalue weighted by Crippen LogP contribution is -2.25. The molecule has 0 unspecified atom stereocenters. The first-order valence-electron chi connectivity index (χ1n) is 4.63. The molecule has 1 amide bonds. The summed E-state index contributed by atoms with van der Waals surface area (Å²) in [6, 6.07) is 3.74. The van der Waals surface area contributed by atoms with Crippen molar-refractivity contribution in [1.82, 2.24) is 0 Å². The molecule has 5 heteroatoms. The summed E-state index contributed by atoms with van der Waals surface area (Å²) < 4.78 is 0. The summed E-state index contributed by atoms with van der Waals surface area (Å²) in [6.07, 6.45) is 0.717. The van der Waals surface area contributed by atoms with E-state index in [0.29, 0.717) is 6.42 Å². The zero-order valence-corrected chi connectivity index (χ0v) is 9.29. The van der Waals surface area contributed by atoms with Crippen LogP contribution in [-0.2, 0) is 9.59 Å². The fourth-order valence-electron chi connectivity index (χ4n) is 1.14. The van der Waals surface area contributed by atoms with E-state index in [1.807, 2.05) is 17.5 Å². The number of carboxylic acids is 1. The normalized spacial score (nSPS) is 9.93. The minimum atomic E-state index is -0.860. The van der Waals surface area contributed by atoms with Gasteiger partial charge in [-0.3, -0.25) is 9.59 Å². The first kappa shape index (κ1) is 11.7. The van der Waals surface area contributed by atoms with Gasteiger partial charge in [0.25, 0.3) is 0 Å². The third-order valence-electron chi connectivity index (χ3n) is 1.99. The van der Waals surface area contributed by atoms with Gasteiger partial charge in [-0.2, -0.15) is 0 Å². The smallest absolute Gasteiger partial charge is 0.303 e. The Balaban J connectivity index is 2.37. The van der Waals surface area contributed by atoms with Gasteiger partial charge in [0, 0.05) is 19.9 Å². The maximum atomic E-state index is 11.6. The van der Waals surface area contributed by atoms with Crippen molar-refractivity contribution in [1.29, 1.82) is 0 Å². The number of nitrogens with zero attached hydrogens (tertiary/aromatic N) is 1. The van der Waals surface area contributed by atoms with Crippen LogP contribution in [0.4, 0.5) is 5.00 Å². The van der Waals surface area contributed by atoms with Crippen LogP contribution in [0.15, 0.2) is 17.5 Å². The van der Waals surface area contributed by atoms with Crippen LogP contribution in [0.25, 0.3) is 0 Å². The molecule has 82 valence electrons. The van der Waals surface area contributed by atoms with Crippen LogP contribution >= 0.6 is 11.3 Å². The molecule has 0 atom stereocenters. The Morgan fingerprint density at radius 1 is 1.47 bits per heavy atom. The van der Waals surface area contributed by atoms with E-state index in [9.17, 15) is 9.59 Å². The van der Waals surface area contributed by atoms with Crippen molar-refractivity contribution in [2.24, 2.45) is 0 Å². The number of rotatable bonds is 5. The van der Waals surface area contributed by atoms with Gasteiger partial charge in [-0.05, 0) is 23.9 Å². The number of aliphatic carboxylic acids is 1. The third kappa shape index (κ3) is 3.71. The van der Waals surface area contributed by atoms with Gasteiger partial charge in [-0.1, -0.05) is 0 Å². The molecule has 0 spiro atoms. The molecule has 0 bridgehead atoms. The van der Waals surface area contributed by atoms with Gasteiger partial charge in [0.2, 0.25) is 5.91 Å². The zero-order chi connectivity index (χ0) is 11.3. The standard InChI is InChI=1S/C10H13NO3S/c1-11(9-5-3-7-15-9)8(12)4-2-6-10(13)14/h3,5,7H,2,4,6H2,1H3,(H,13,14). The molecule has 0 fully saturated rings. The maximum absolute atomic E-state index is 11.6. The number of hydrogen-bond donors (Lipinski definition) is 1. The number of amides is 1. The lowest BCUT2D eigenvalue weighted by Gasteiger charge is -2.14. The molecule has 15 heavy (non-hydrogen) atoms. The molecule has 0 saturated carbocycles. The number of hydrogen-bond acceptors (Lipinski definition) is 3. The predicted octanol–water partition coefficient (Wildman–Crippen LogP) is 1.97. The van der Waals surface area contributed by atoms with E-state index in [1.54, 1.807) is 11.9 Å². The van der Waals surface area contributed by atoms with Crippen molar-refractivity contribution in [3.63, 3.8) is 0 Å². The molecule has 4 nitrogen and oxygen atoms in total. The monoisotopic (exact) mass is 227 g/mol. The van der Waals surface area contributed by atoms with Crippen molar-refractivity contribution in [3.05, 3.63) is 17.5 Å². The molecule has 0 aliphatic heterocycles. The Morgan fingerprint density at radius 3 is 2.73 bits per heavy atom. The van der Waals surface area contributed by atoms with E-state index in [-0.39, 0.29) is 18.7 Å². The average molecular weight is 227 g/mol. The first-order chi connectivity index (χ1) is 7.11. The lowest BCUT2D eigenvalue weighted by molar-refractivity contribution is -0.137. The van der Waals surface area contributed by atoms with Crippen LogP contribution in [0.3, 0.4) is 0 Å². The summed E-state index contributed by atoms with van der Waals surface area (Å²) in [4.78, 5) is 23.4. The largest absolute Gasteiger partial charge is 0.481 e. The average Bonchev–Trinajstić information content (AvgIpc) is 2.68. The highest BCUT2D eigenvalue weighted by atomic mass is 32.1. The molecular formula is C10H13NO3S.